The number of fused-ring (bicyclic) bond motifs is 3. The summed E-state index contributed by atoms with van der Waals surface area (Å²) in [5, 5.41) is 17.7. The topological polar surface area (TPSA) is 80.1 Å². The highest BCUT2D eigenvalue weighted by atomic mass is 15.3. The highest BCUT2D eigenvalue weighted by molar-refractivity contribution is 5.95. The summed E-state index contributed by atoms with van der Waals surface area (Å²) < 4.78 is 0. The van der Waals surface area contributed by atoms with E-state index in [9.17, 15) is 5.26 Å². The second-order valence-electron chi connectivity index (χ2n) is 9.59. The number of rotatable bonds is 3. The van der Waals surface area contributed by atoms with Crippen LogP contribution in [0.5, 0.6) is 0 Å². The maximum Gasteiger partial charge on any atom is 0.126 e. The Morgan fingerprint density at radius 1 is 1.15 bits per heavy atom. The third-order valence-electron chi connectivity index (χ3n) is 7.47. The first-order valence-electron chi connectivity index (χ1n) is 11.9. The highest BCUT2D eigenvalue weighted by Crippen LogP contribution is 2.34. The monoisotopic (exact) mass is 439 g/mol. The van der Waals surface area contributed by atoms with Crippen LogP contribution in [0.15, 0.2) is 42.7 Å². The lowest BCUT2D eigenvalue weighted by Crippen LogP contribution is -2.55. The Labute approximate surface area is 194 Å². The van der Waals surface area contributed by atoms with Gasteiger partial charge in [0.05, 0.1) is 11.1 Å². The molecule has 2 N–H and O–H groups in total. The maximum atomic E-state index is 9.49. The number of hydrogen-bond acceptors (Lipinski definition) is 7. The normalized spacial score (nSPS) is 24.8. The van der Waals surface area contributed by atoms with Crippen molar-refractivity contribution in [2.75, 3.05) is 36.4 Å². The molecule has 6 rings (SSSR count). The maximum absolute atomic E-state index is 9.49. The van der Waals surface area contributed by atoms with Crippen molar-refractivity contribution in [1.29, 1.82) is 5.26 Å². The van der Waals surface area contributed by atoms with Crippen molar-refractivity contribution >= 4 is 22.4 Å². The zero-order valence-corrected chi connectivity index (χ0v) is 19.0. The molecule has 7 heteroatoms. The molecule has 0 spiro atoms. The molecule has 0 unspecified atom stereocenters. The van der Waals surface area contributed by atoms with Gasteiger partial charge in [-0.25, -0.2) is 4.98 Å². The first-order valence-corrected chi connectivity index (χ1v) is 11.9. The molecular weight excluding hydrogens is 410 g/mol. The third-order valence-corrected chi connectivity index (χ3v) is 7.47. The summed E-state index contributed by atoms with van der Waals surface area (Å²) in [6.07, 6.45) is 5.99. The van der Waals surface area contributed by atoms with Gasteiger partial charge in [-0.3, -0.25) is 9.88 Å². The molecule has 0 amide bonds. The molecule has 168 valence electrons. The molecule has 3 atom stereocenters. The summed E-state index contributed by atoms with van der Waals surface area (Å²) in [5.74, 6) is 0.996. The number of aromatic nitrogens is 2. The molecular formula is C26H29N7. The van der Waals surface area contributed by atoms with E-state index in [2.05, 4.69) is 62.8 Å². The average Bonchev–Trinajstić information content (AvgIpc) is 3.26. The lowest BCUT2D eigenvalue weighted by atomic mass is 10.0. The van der Waals surface area contributed by atoms with Crippen LogP contribution in [-0.2, 0) is 13.0 Å². The van der Waals surface area contributed by atoms with E-state index in [0.29, 0.717) is 23.7 Å². The zero-order chi connectivity index (χ0) is 22.4. The zero-order valence-electron chi connectivity index (χ0n) is 19.0. The van der Waals surface area contributed by atoms with Crippen molar-refractivity contribution < 1.29 is 0 Å². The van der Waals surface area contributed by atoms with Gasteiger partial charge >= 0.3 is 0 Å². The first-order chi connectivity index (χ1) is 16.2. The summed E-state index contributed by atoms with van der Waals surface area (Å²) >= 11 is 0. The predicted octanol–water partition coefficient (Wildman–Crippen LogP) is 2.91. The van der Waals surface area contributed by atoms with Crippen LogP contribution in [0, 0.1) is 11.3 Å². The Kier molecular flexibility index (Phi) is 5.12. The molecule has 3 aliphatic rings. The average molecular weight is 440 g/mol. The van der Waals surface area contributed by atoms with Crippen LogP contribution in [-0.4, -0.2) is 59.2 Å². The minimum Gasteiger partial charge on any atom is -0.368 e. The van der Waals surface area contributed by atoms with Gasteiger partial charge in [0.2, 0.25) is 0 Å². The van der Waals surface area contributed by atoms with Gasteiger partial charge < -0.3 is 15.5 Å². The van der Waals surface area contributed by atoms with Gasteiger partial charge in [0.15, 0.2) is 0 Å². The molecule has 1 aromatic carbocycles. The minimum absolute atomic E-state index is 0.402. The molecule has 3 aliphatic heterocycles. The van der Waals surface area contributed by atoms with Crippen LogP contribution < -0.4 is 15.5 Å². The Balaban J connectivity index is 1.21. The van der Waals surface area contributed by atoms with Gasteiger partial charge in [0.1, 0.15) is 11.9 Å². The SMILES string of the molecule is C[C@@H]1CN(c2ccc(C#N)c3ncccc23)C[C@@H]2C[C@@H](Nc3cc4c(cn3)CCNC4)CN21. The van der Waals surface area contributed by atoms with E-state index >= 15 is 0 Å². The predicted molar refractivity (Wildman–Crippen MR) is 130 cm³/mol. The summed E-state index contributed by atoms with van der Waals surface area (Å²) in [5.41, 5.74) is 5.36. The van der Waals surface area contributed by atoms with Crippen molar-refractivity contribution in [2.45, 2.75) is 44.4 Å². The van der Waals surface area contributed by atoms with Gasteiger partial charge in [0.25, 0.3) is 0 Å². The Morgan fingerprint density at radius 2 is 2.09 bits per heavy atom. The van der Waals surface area contributed by atoms with Crippen molar-refractivity contribution in [2.24, 2.45) is 0 Å². The fourth-order valence-corrected chi connectivity index (χ4v) is 5.89. The van der Waals surface area contributed by atoms with Gasteiger partial charge in [0, 0.05) is 67.8 Å². The Morgan fingerprint density at radius 3 is 3.00 bits per heavy atom. The van der Waals surface area contributed by atoms with Crippen molar-refractivity contribution in [3.05, 3.63) is 59.4 Å². The lowest BCUT2D eigenvalue weighted by Gasteiger charge is -2.43. The summed E-state index contributed by atoms with van der Waals surface area (Å²) in [4.78, 5) is 14.3. The van der Waals surface area contributed by atoms with Crippen LogP contribution in [0.3, 0.4) is 0 Å². The van der Waals surface area contributed by atoms with E-state index in [1.165, 1.54) is 16.8 Å². The second kappa shape index (κ2) is 8.29. The van der Waals surface area contributed by atoms with Crippen LogP contribution in [0.1, 0.15) is 30.0 Å². The number of anilines is 2. The van der Waals surface area contributed by atoms with Gasteiger partial charge in [-0.2, -0.15) is 5.26 Å². The number of nitrogens with one attached hydrogen (secondary N) is 2. The van der Waals surface area contributed by atoms with Crippen LogP contribution in [0.25, 0.3) is 10.9 Å². The molecule has 0 saturated carbocycles. The van der Waals surface area contributed by atoms with Gasteiger partial charge in [-0.05, 0) is 67.8 Å². The molecule has 3 aromatic rings. The fraction of sp³-hybridized carbons (Fsp3) is 0.423. The minimum atomic E-state index is 0.402. The molecule has 33 heavy (non-hydrogen) atoms. The van der Waals surface area contributed by atoms with E-state index in [4.69, 9.17) is 4.98 Å². The smallest absolute Gasteiger partial charge is 0.126 e. The number of hydrogen-bond donors (Lipinski definition) is 2. The molecule has 0 bridgehead atoms. The number of pyridine rings is 2. The molecule has 2 fully saturated rings. The largest absolute Gasteiger partial charge is 0.368 e. The standard InChI is InChI=1S/C26H29N7/c1-17-14-32(24-5-4-18(11-27)26-23(24)3-2-7-29-26)16-22-10-21(15-33(17)22)31-25-9-20-12-28-8-6-19(20)13-30-25/h2-5,7,9,13,17,21-22,28H,6,8,10,12,14-16H2,1H3,(H,30,31)/t17-,21-,22+/m1/s1. The first kappa shape index (κ1) is 20.4. The van der Waals surface area contributed by atoms with Crippen LogP contribution in [0.4, 0.5) is 11.5 Å². The molecule has 0 radical (unpaired) electrons. The number of nitrogens with zero attached hydrogens (tertiary/aromatic N) is 5. The van der Waals surface area contributed by atoms with Crippen molar-refractivity contribution in [3.63, 3.8) is 0 Å². The van der Waals surface area contributed by atoms with Crippen molar-refractivity contribution in [3.8, 4) is 6.07 Å². The summed E-state index contributed by atoms with van der Waals surface area (Å²) in [7, 11) is 0. The van der Waals surface area contributed by atoms with E-state index in [1.54, 1.807) is 6.20 Å². The molecule has 2 saturated heterocycles. The summed E-state index contributed by atoms with van der Waals surface area (Å²) in [6, 6.07) is 13.9. The van der Waals surface area contributed by atoms with Crippen LogP contribution >= 0.6 is 0 Å². The highest BCUT2D eigenvalue weighted by Gasteiger charge is 2.40. The van der Waals surface area contributed by atoms with E-state index in [0.717, 1.165) is 62.3 Å². The quantitative estimate of drug-likeness (QED) is 0.650. The van der Waals surface area contributed by atoms with Crippen molar-refractivity contribution in [1.82, 2.24) is 20.2 Å². The fourth-order valence-electron chi connectivity index (χ4n) is 5.89. The van der Waals surface area contributed by atoms with Crippen LogP contribution in [0.2, 0.25) is 0 Å². The van der Waals surface area contributed by atoms with E-state index < -0.39 is 0 Å². The number of nitriles is 1. The Hall–Kier alpha value is -3.21. The molecule has 7 nitrogen and oxygen atoms in total. The van der Waals surface area contributed by atoms with E-state index in [-0.39, 0.29) is 0 Å². The molecule has 0 aliphatic carbocycles. The van der Waals surface area contributed by atoms with Gasteiger partial charge in [-0.1, -0.05) is 0 Å². The summed E-state index contributed by atoms with van der Waals surface area (Å²) in [6.45, 7) is 7.31. The third kappa shape index (κ3) is 3.69. The second-order valence-corrected chi connectivity index (χ2v) is 9.59. The van der Waals surface area contributed by atoms with E-state index in [1.807, 2.05) is 12.1 Å². The lowest BCUT2D eigenvalue weighted by molar-refractivity contribution is 0.166. The number of benzene rings is 1. The molecule has 5 heterocycles. The number of piperazine rings is 1. The Bertz CT molecular complexity index is 1230. The van der Waals surface area contributed by atoms with Gasteiger partial charge in [-0.15, -0.1) is 0 Å². The molecule has 2 aromatic heterocycles.